The molecule has 5 heteroatoms. The minimum absolute atomic E-state index is 0.0946. The van der Waals surface area contributed by atoms with E-state index >= 15 is 0 Å². The van der Waals surface area contributed by atoms with Crippen LogP contribution in [-0.2, 0) is 0 Å². The summed E-state index contributed by atoms with van der Waals surface area (Å²) in [6.07, 6.45) is 1.45. The molecule has 102 valence electrons. The number of thiophene rings is 1. The van der Waals surface area contributed by atoms with Gasteiger partial charge in [0.15, 0.2) is 0 Å². The van der Waals surface area contributed by atoms with Crippen LogP contribution in [0.1, 0.15) is 10.4 Å². The summed E-state index contributed by atoms with van der Waals surface area (Å²) in [6.45, 7) is 4.01. The van der Waals surface area contributed by atoms with E-state index in [1.165, 1.54) is 6.33 Å². The fourth-order valence-corrected chi connectivity index (χ4v) is 3.45. The number of fused-ring (bicyclic) bond motifs is 1. The van der Waals surface area contributed by atoms with Gasteiger partial charge in [-0.05, 0) is 37.1 Å². The molecular weight excluding hydrogens is 272 g/mol. The molecule has 3 aromatic rings. The monoisotopic (exact) mass is 286 g/mol. The maximum absolute atomic E-state index is 12.1. The fourth-order valence-electron chi connectivity index (χ4n) is 2.43. The Balaban J connectivity index is 2.32. The Hall–Kier alpha value is -2.14. The average Bonchev–Trinajstić information content (AvgIpc) is 2.76. The Kier molecular flexibility index (Phi) is 3.06. The van der Waals surface area contributed by atoms with Gasteiger partial charge in [-0.3, -0.25) is 4.79 Å². The van der Waals surface area contributed by atoms with Crippen molar-refractivity contribution in [1.82, 2.24) is 9.97 Å². The molecule has 0 saturated heterocycles. The number of hydrogen-bond acceptors (Lipinski definition) is 4. The van der Waals surface area contributed by atoms with E-state index < -0.39 is 0 Å². The first kappa shape index (κ1) is 12.9. The lowest BCUT2D eigenvalue weighted by Gasteiger charge is -2.07. The van der Waals surface area contributed by atoms with Crippen LogP contribution < -0.4 is 10.3 Å². The normalized spacial score (nSPS) is 10.9. The summed E-state index contributed by atoms with van der Waals surface area (Å²) in [5.41, 5.74) is 2.93. The van der Waals surface area contributed by atoms with Gasteiger partial charge in [0, 0.05) is 10.4 Å². The second-order valence-electron chi connectivity index (χ2n) is 4.63. The minimum atomic E-state index is -0.0946. The molecule has 20 heavy (non-hydrogen) atoms. The molecule has 3 rings (SSSR count). The molecule has 0 radical (unpaired) electrons. The molecule has 2 aromatic heterocycles. The highest BCUT2D eigenvalue weighted by atomic mass is 32.1. The summed E-state index contributed by atoms with van der Waals surface area (Å²) in [6, 6.07) is 5.95. The van der Waals surface area contributed by atoms with Crippen molar-refractivity contribution in [3.63, 3.8) is 0 Å². The summed E-state index contributed by atoms with van der Waals surface area (Å²) in [5, 5.41) is 0.666. The van der Waals surface area contributed by atoms with Crippen LogP contribution in [0.4, 0.5) is 0 Å². The second-order valence-corrected chi connectivity index (χ2v) is 5.83. The van der Waals surface area contributed by atoms with E-state index in [4.69, 9.17) is 4.74 Å². The molecular formula is C15H14N2O2S. The first-order chi connectivity index (χ1) is 9.61. The number of nitrogens with one attached hydrogen (secondary N) is 1. The molecule has 0 saturated carbocycles. The Bertz CT molecular complexity index is 849. The Morgan fingerprint density at radius 2 is 2.10 bits per heavy atom. The van der Waals surface area contributed by atoms with Crippen molar-refractivity contribution >= 4 is 21.6 Å². The van der Waals surface area contributed by atoms with Crippen LogP contribution in [0, 0.1) is 13.8 Å². The lowest BCUT2D eigenvalue weighted by Crippen LogP contribution is -2.05. The van der Waals surface area contributed by atoms with Crippen molar-refractivity contribution in [2.24, 2.45) is 0 Å². The largest absolute Gasteiger partial charge is 0.496 e. The number of nitrogens with zero attached hydrogens (tertiary/aromatic N) is 1. The van der Waals surface area contributed by atoms with E-state index in [2.05, 4.69) is 9.97 Å². The van der Waals surface area contributed by atoms with Gasteiger partial charge in [0.2, 0.25) is 0 Å². The third-order valence-electron chi connectivity index (χ3n) is 3.35. The van der Waals surface area contributed by atoms with Gasteiger partial charge in [-0.2, -0.15) is 0 Å². The van der Waals surface area contributed by atoms with Gasteiger partial charge in [0.05, 0.1) is 18.8 Å². The van der Waals surface area contributed by atoms with E-state index in [-0.39, 0.29) is 5.56 Å². The minimum Gasteiger partial charge on any atom is -0.496 e. The fraction of sp³-hybridized carbons (Fsp3) is 0.200. The van der Waals surface area contributed by atoms with Crippen LogP contribution in [0.25, 0.3) is 21.3 Å². The number of hydrogen-bond donors (Lipinski definition) is 1. The Morgan fingerprint density at radius 3 is 2.80 bits per heavy atom. The first-order valence-corrected chi connectivity index (χ1v) is 7.05. The summed E-state index contributed by atoms with van der Waals surface area (Å²) in [7, 11) is 1.65. The predicted octanol–water partition coefficient (Wildman–Crippen LogP) is 3.28. The highest BCUT2D eigenvalue weighted by Crippen LogP contribution is 2.36. The van der Waals surface area contributed by atoms with E-state index in [0.717, 1.165) is 32.1 Å². The number of rotatable bonds is 2. The quantitative estimate of drug-likeness (QED) is 0.786. The first-order valence-electron chi connectivity index (χ1n) is 6.23. The molecule has 0 amide bonds. The summed E-state index contributed by atoms with van der Waals surface area (Å²) >= 11 is 1.54. The molecule has 4 nitrogen and oxygen atoms in total. The van der Waals surface area contributed by atoms with Crippen LogP contribution in [0.5, 0.6) is 5.75 Å². The van der Waals surface area contributed by atoms with Gasteiger partial charge in [-0.1, -0.05) is 6.07 Å². The predicted molar refractivity (Wildman–Crippen MR) is 81.7 cm³/mol. The highest BCUT2D eigenvalue weighted by Gasteiger charge is 2.15. The zero-order valence-corrected chi connectivity index (χ0v) is 12.3. The van der Waals surface area contributed by atoms with Crippen molar-refractivity contribution < 1.29 is 4.74 Å². The molecule has 0 spiro atoms. The van der Waals surface area contributed by atoms with Crippen LogP contribution in [-0.4, -0.2) is 17.1 Å². The maximum Gasteiger partial charge on any atom is 0.260 e. The highest BCUT2D eigenvalue weighted by molar-refractivity contribution is 7.19. The van der Waals surface area contributed by atoms with Crippen LogP contribution in [0.2, 0.25) is 0 Å². The SMILES string of the molecule is COc1ccc(-c2c(C)sc3nc[nH]c(=O)c23)cc1C. The number of ether oxygens (including phenoxy) is 1. The molecule has 0 aliphatic heterocycles. The van der Waals surface area contributed by atoms with Crippen molar-refractivity contribution in [2.75, 3.05) is 7.11 Å². The van der Waals surface area contributed by atoms with Gasteiger partial charge >= 0.3 is 0 Å². The van der Waals surface area contributed by atoms with Crippen LogP contribution in [0.3, 0.4) is 0 Å². The number of aromatic amines is 1. The molecule has 0 bridgehead atoms. The maximum atomic E-state index is 12.1. The van der Waals surface area contributed by atoms with Gasteiger partial charge in [-0.25, -0.2) is 4.98 Å². The average molecular weight is 286 g/mol. The van der Waals surface area contributed by atoms with Crippen molar-refractivity contribution in [3.8, 4) is 16.9 Å². The third kappa shape index (κ3) is 1.91. The number of aryl methyl sites for hydroxylation is 2. The smallest absolute Gasteiger partial charge is 0.260 e. The molecule has 1 N–H and O–H groups in total. The lowest BCUT2D eigenvalue weighted by atomic mass is 10.0. The van der Waals surface area contributed by atoms with Gasteiger partial charge in [0.25, 0.3) is 5.56 Å². The number of H-pyrrole nitrogens is 1. The van der Waals surface area contributed by atoms with Crippen molar-refractivity contribution in [1.29, 1.82) is 0 Å². The number of methoxy groups -OCH3 is 1. The van der Waals surface area contributed by atoms with E-state index in [1.807, 2.05) is 32.0 Å². The molecule has 0 atom stereocenters. The topological polar surface area (TPSA) is 55.0 Å². The van der Waals surface area contributed by atoms with Crippen molar-refractivity contribution in [2.45, 2.75) is 13.8 Å². The zero-order chi connectivity index (χ0) is 14.3. The summed E-state index contributed by atoms with van der Waals surface area (Å²) in [4.78, 5) is 20.8. The lowest BCUT2D eigenvalue weighted by molar-refractivity contribution is 0.412. The molecule has 0 unspecified atom stereocenters. The van der Waals surface area contributed by atoms with Gasteiger partial charge in [-0.15, -0.1) is 11.3 Å². The third-order valence-corrected chi connectivity index (χ3v) is 4.37. The molecule has 2 heterocycles. The summed E-state index contributed by atoms with van der Waals surface area (Å²) < 4.78 is 5.28. The zero-order valence-electron chi connectivity index (χ0n) is 11.5. The number of benzene rings is 1. The molecule has 0 fully saturated rings. The van der Waals surface area contributed by atoms with E-state index in [1.54, 1.807) is 18.4 Å². The van der Waals surface area contributed by atoms with Crippen molar-refractivity contribution in [3.05, 3.63) is 45.3 Å². The van der Waals surface area contributed by atoms with Gasteiger partial charge < -0.3 is 9.72 Å². The Labute approximate surface area is 120 Å². The molecule has 0 aliphatic carbocycles. The standard InChI is InChI=1S/C15H14N2O2S/c1-8-6-10(4-5-11(8)19-3)12-9(2)20-15-13(12)14(18)16-7-17-15/h4-7H,1-3H3,(H,16,17,18). The molecule has 0 aliphatic rings. The molecule has 1 aromatic carbocycles. The van der Waals surface area contributed by atoms with E-state index in [9.17, 15) is 4.79 Å². The second kappa shape index (κ2) is 4.76. The van der Waals surface area contributed by atoms with Gasteiger partial charge in [0.1, 0.15) is 10.6 Å². The van der Waals surface area contributed by atoms with Crippen LogP contribution in [0.15, 0.2) is 29.3 Å². The number of aromatic nitrogens is 2. The van der Waals surface area contributed by atoms with Crippen LogP contribution >= 0.6 is 11.3 Å². The Morgan fingerprint density at radius 1 is 1.30 bits per heavy atom. The summed E-state index contributed by atoms with van der Waals surface area (Å²) in [5.74, 6) is 0.845. The van der Waals surface area contributed by atoms with E-state index in [0.29, 0.717) is 5.39 Å².